The topological polar surface area (TPSA) is 97.5 Å². The number of ether oxygens (including phenoxy) is 1. The lowest BCUT2D eigenvalue weighted by Crippen LogP contribution is -2.16. The molecule has 2 N–H and O–H groups in total. The Labute approximate surface area is 127 Å². The molecule has 1 aromatic carbocycles. The van der Waals surface area contributed by atoms with E-state index < -0.39 is 4.92 Å². The predicted molar refractivity (Wildman–Crippen MR) is 82.1 cm³/mol. The maximum Gasteiger partial charge on any atom is 0.290 e. The Morgan fingerprint density at radius 3 is 2.82 bits per heavy atom. The van der Waals surface area contributed by atoms with E-state index in [4.69, 9.17) is 4.74 Å². The standard InChI is InChI=1S/C15H17N3O4/c1-10-6-15(16-8-14(10)18(20)21)17-13(9-19)11-4-3-5-12(7-11)22-2/h3-8,13,19H,9H2,1-2H3,(H,16,17). The molecule has 22 heavy (non-hydrogen) atoms. The van der Waals surface area contributed by atoms with Crippen LogP contribution in [0, 0.1) is 17.0 Å². The van der Waals surface area contributed by atoms with Crippen molar-refractivity contribution < 1.29 is 14.8 Å². The fourth-order valence-corrected chi connectivity index (χ4v) is 2.09. The number of aliphatic hydroxyl groups excluding tert-OH is 1. The van der Waals surface area contributed by atoms with Crippen LogP contribution in [0.3, 0.4) is 0 Å². The highest BCUT2D eigenvalue weighted by Gasteiger charge is 2.15. The van der Waals surface area contributed by atoms with E-state index in [2.05, 4.69) is 10.3 Å². The van der Waals surface area contributed by atoms with Gasteiger partial charge in [-0.25, -0.2) is 4.98 Å². The van der Waals surface area contributed by atoms with Gasteiger partial charge in [-0.15, -0.1) is 0 Å². The lowest BCUT2D eigenvalue weighted by atomic mass is 10.1. The van der Waals surface area contributed by atoms with Crippen LogP contribution in [-0.4, -0.2) is 28.7 Å². The number of benzene rings is 1. The maximum absolute atomic E-state index is 10.8. The fraction of sp³-hybridized carbons (Fsp3) is 0.267. The Hall–Kier alpha value is -2.67. The van der Waals surface area contributed by atoms with Gasteiger partial charge in [0.1, 0.15) is 17.8 Å². The summed E-state index contributed by atoms with van der Waals surface area (Å²) in [4.78, 5) is 14.3. The number of nitrogens with zero attached hydrogens (tertiary/aromatic N) is 2. The SMILES string of the molecule is COc1cccc(C(CO)Nc2cc(C)c([N+](=O)[O-])cn2)c1. The molecule has 116 valence electrons. The van der Waals surface area contributed by atoms with Crippen LogP contribution in [0.2, 0.25) is 0 Å². The predicted octanol–water partition coefficient (Wildman–Crippen LogP) is 2.45. The van der Waals surface area contributed by atoms with E-state index >= 15 is 0 Å². The van der Waals surface area contributed by atoms with Gasteiger partial charge in [-0.3, -0.25) is 10.1 Å². The van der Waals surface area contributed by atoms with Crippen LogP contribution in [0.15, 0.2) is 36.5 Å². The van der Waals surface area contributed by atoms with Crippen molar-refractivity contribution in [3.63, 3.8) is 0 Å². The molecule has 0 spiro atoms. The van der Waals surface area contributed by atoms with Crippen molar-refractivity contribution >= 4 is 11.5 Å². The Balaban J connectivity index is 2.23. The van der Waals surface area contributed by atoms with E-state index in [1.165, 1.54) is 6.20 Å². The minimum absolute atomic E-state index is 0.0347. The summed E-state index contributed by atoms with van der Waals surface area (Å²) in [6, 6.07) is 8.50. The molecule has 0 aliphatic carbocycles. The second kappa shape index (κ2) is 6.86. The number of hydrogen-bond donors (Lipinski definition) is 2. The number of rotatable bonds is 6. The summed E-state index contributed by atoms with van der Waals surface area (Å²) in [6.07, 6.45) is 1.21. The van der Waals surface area contributed by atoms with Crippen molar-refractivity contribution in [3.8, 4) is 5.75 Å². The van der Waals surface area contributed by atoms with Gasteiger partial charge in [0.25, 0.3) is 5.69 Å². The quantitative estimate of drug-likeness (QED) is 0.628. The van der Waals surface area contributed by atoms with Gasteiger partial charge in [0, 0.05) is 5.56 Å². The van der Waals surface area contributed by atoms with Crippen molar-refractivity contribution in [2.45, 2.75) is 13.0 Å². The van der Waals surface area contributed by atoms with Crippen molar-refractivity contribution in [2.24, 2.45) is 0 Å². The zero-order valence-corrected chi connectivity index (χ0v) is 12.3. The van der Waals surface area contributed by atoms with E-state index in [0.29, 0.717) is 17.1 Å². The molecule has 0 aliphatic heterocycles. The molecule has 0 amide bonds. The molecular formula is C15H17N3O4. The van der Waals surface area contributed by atoms with Crippen molar-refractivity contribution in [3.05, 3.63) is 57.8 Å². The molecule has 0 aliphatic rings. The fourth-order valence-electron chi connectivity index (χ4n) is 2.09. The minimum atomic E-state index is -0.475. The van der Waals surface area contributed by atoms with Crippen LogP contribution in [0.4, 0.5) is 11.5 Å². The lowest BCUT2D eigenvalue weighted by Gasteiger charge is -2.18. The van der Waals surface area contributed by atoms with Gasteiger partial charge in [-0.05, 0) is 30.7 Å². The molecule has 0 fully saturated rings. The molecule has 1 aromatic heterocycles. The number of pyridine rings is 1. The van der Waals surface area contributed by atoms with Gasteiger partial charge in [0.2, 0.25) is 0 Å². The molecule has 2 aromatic rings. The molecule has 7 heteroatoms. The van der Waals surface area contributed by atoms with Crippen molar-refractivity contribution in [2.75, 3.05) is 19.0 Å². The van der Waals surface area contributed by atoms with Crippen LogP contribution < -0.4 is 10.1 Å². The maximum atomic E-state index is 10.8. The first-order chi connectivity index (χ1) is 10.5. The third-order valence-corrected chi connectivity index (χ3v) is 3.28. The van der Waals surface area contributed by atoms with E-state index in [1.807, 2.05) is 24.3 Å². The molecule has 1 heterocycles. The first kappa shape index (κ1) is 15.7. The van der Waals surface area contributed by atoms with E-state index in [1.54, 1.807) is 20.1 Å². The largest absolute Gasteiger partial charge is 0.497 e. The first-order valence-corrected chi connectivity index (χ1v) is 6.67. The monoisotopic (exact) mass is 303 g/mol. The number of hydrogen-bond acceptors (Lipinski definition) is 6. The average molecular weight is 303 g/mol. The van der Waals surface area contributed by atoms with E-state index in [0.717, 1.165) is 5.56 Å². The van der Waals surface area contributed by atoms with E-state index in [-0.39, 0.29) is 18.3 Å². The molecule has 7 nitrogen and oxygen atoms in total. The summed E-state index contributed by atoms with van der Waals surface area (Å²) in [5.74, 6) is 1.15. The molecule has 0 bridgehead atoms. The third-order valence-electron chi connectivity index (χ3n) is 3.28. The number of anilines is 1. The number of nitro groups is 1. The molecule has 2 rings (SSSR count). The van der Waals surface area contributed by atoms with Crippen LogP contribution in [-0.2, 0) is 0 Å². The first-order valence-electron chi connectivity index (χ1n) is 6.67. The highest BCUT2D eigenvalue weighted by Crippen LogP contribution is 2.24. The highest BCUT2D eigenvalue weighted by molar-refractivity contribution is 5.48. The van der Waals surface area contributed by atoms with Crippen LogP contribution >= 0.6 is 0 Å². The molecule has 1 unspecified atom stereocenters. The summed E-state index contributed by atoms with van der Waals surface area (Å²) >= 11 is 0. The Kier molecular flexibility index (Phi) is 4.90. The van der Waals surface area contributed by atoms with Gasteiger partial charge in [-0.2, -0.15) is 0 Å². The molecule has 0 saturated heterocycles. The Bertz CT molecular complexity index is 676. The minimum Gasteiger partial charge on any atom is -0.497 e. The second-order valence-electron chi connectivity index (χ2n) is 4.77. The molecular weight excluding hydrogens is 286 g/mol. The van der Waals surface area contributed by atoms with Gasteiger partial charge < -0.3 is 15.2 Å². The summed E-state index contributed by atoms with van der Waals surface area (Å²) in [5, 5.41) is 23.4. The molecule has 0 saturated carbocycles. The summed E-state index contributed by atoms with van der Waals surface area (Å²) in [6.45, 7) is 1.50. The number of methoxy groups -OCH3 is 1. The van der Waals surface area contributed by atoms with Crippen LogP contribution in [0.5, 0.6) is 5.75 Å². The second-order valence-corrected chi connectivity index (χ2v) is 4.77. The molecule has 0 radical (unpaired) electrons. The van der Waals surface area contributed by atoms with Gasteiger partial charge in [0.05, 0.1) is 24.7 Å². The Morgan fingerprint density at radius 2 is 2.23 bits per heavy atom. The van der Waals surface area contributed by atoms with Crippen molar-refractivity contribution in [1.29, 1.82) is 0 Å². The average Bonchev–Trinajstić information content (AvgIpc) is 2.52. The normalized spacial score (nSPS) is 11.8. The molecule has 1 atom stereocenters. The van der Waals surface area contributed by atoms with Crippen LogP contribution in [0.1, 0.15) is 17.2 Å². The number of aromatic nitrogens is 1. The lowest BCUT2D eigenvalue weighted by molar-refractivity contribution is -0.385. The number of aryl methyl sites for hydroxylation is 1. The number of nitrogens with one attached hydrogen (secondary N) is 1. The smallest absolute Gasteiger partial charge is 0.290 e. The summed E-state index contributed by atoms with van der Waals surface area (Å²) in [5.41, 5.74) is 1.30. The summed E-state index contributed by atoms with van der Waals surface area (Å²) in [7, 11) is 1.57. The number of aliphatic hydroxyl groups is 1. The van der Waals surface area contributed by atoms with E-state index in [9.17, 15) is 15.2 Å². The third kappa shape index (κ3) is 3.50. The van der Waals surface area contributed by atoms with Gasteiger partial charge >= 0.3 is 0 Å². The van der Waals surface area contributed by atoms with Crippen molar-refractivity contribution in [1.82, 2.24) is 4.98 Å². The summed E-state index contributed by atoms with van der Waals surface area (Å²) < 4.78 is 5.16. The van der Waals surface area contributed by atoms with Crippen LogP contribution in [0.25, 0.3) is 0 Å². The zero-order chi connectivity index (χ0) is 16.1. The van der Waals surface area contributed by atoms with Gasteiger partial charge in [0.15, 0.2) is 0 Å². The Morgan fingerprint density at radius 1 is 1.45 bits per heavy atom. The highest BCUT2D eigenvalue weighted by atomic mass is 16.6. The van der Waals surface area contributed by atoms with Gasteiger partial charge in [-0.1, -0.05) is 12.1 Å². The zero-order valence-electron chi connectivity index (χ0n) is 12.3.